The molecule has 0 spiro atoms. The zero-order valence-corrected chi connectivity index (χ0v) is 12.2. The van der Waals surface area contributed by atoms with Crippen LogP contribution in [0.4, 0.5) is 10.5 Å². The maximum atomic E-state index is 12.0. The van der Waals surface area contributed by atoms with Gasteiger partial charge in [0.25, 0.3) is 5.91 Å². The second-order valence-corrected chi connectivity index (χ2v) is 5.97. The van der Waals surface area contributed by atoms with Crippen molar-refractivity contribution in [3.63, 3.8) is 0 Å². The highest BCUT2D eigenvalue weighted by Crippen LogP contribution is 2.41. The monoisotopic (exact) mass is 327 g/mol. The van der Waals surface area contributed by atoms with Gasteiger partial charge in [0.1, 0.15) is 5.54 Å². The first-order chi connectivity index (χ1) is 9.91. The van der Waals surface area contributed by atoms with E-state index in [1.165, 1.54) is 0 Å². The normalized spacial score (nSPS) is 26.7. The maximum Gasteiger partial charge on any atom is 0.320 e. The Morgan fingerprint density at radius 3 is 2.67 bits per heavy atom. The molecule has 0 aromatic heterocycles. The van der Waals surface area contributed by atoms with Gasteiger partial charge in [-0.2, -0.15) is 0 Å². The fourth-order valence-corrected chi connectivity index (χ4v) is 2.96. The van der Waals surface area contributed by atoms with Crippen molar-refractivity contribution in [3.8, 4) is 0 Å². The molecule has 2 aliphatic heterocycles. The van der Waals surface area contributed by atoms with E-state index < -0.39 is 17.5 Å². The molecule has 1 aromatic carbocycles. The van der Waals surface area contributed by atoms with Gasteiger partial charge in [0.2, 0.25) is 5.91 Å². The van der Waals surface area contributed by atoms with E-state index in [9.17, 15) is 14.4 Å². The molecule has 2 heterocycles. The van der Waals surface area contributed by atoms with Crippen LogP contribution in [0.25, 0.3) is 0 Å². The number of imide groups is 1. The Morgan fingerprint density at radius 2 is 2.00 bits per heavy atom. The van der Waals surface area contributed by atoms with Crippen LogP contribution in [-0.2, 0) is 9.59 Å². The van der Waals surface area contributed by atoms with Crippen LogP contribution in [0, 0.1) is 5.92 Å². The van der Waals surface area contributed by atoms with Gasteiger partial charge in [0, 0.05) is 5.92 Å². The number of anilines is 1. The summed E-state index contributed by atoms with van der Waals surface area (Å²) < 4.78 is 0. The van der Waals surface area contributed by atoms with E-state index in [1.807, 2.05) is 0 Å². The zero-order chi connectivity index (χ0) is 15.2. The van der Waals surface area contributed by atoms with E-state index in [0.717, 1.165) is 0 Å². The number of benzene rings is 1. The minimum absolute atomic E-state index is 0.210. The Kier molecular flexibility index (Phi) is 3.30. The molecule has 1 aromatic rings. The number of nitrogens with one attached hydrogen (secondary N) is 3. The van der Waals surface area contributed by atoms with Gasteiger partial charge in [-0.1, -0.05) is 29.3 Å². The molecule has 110 valence electrons. The van der Waals surface area contributed by atoms with Crippen molar-refractivity contribution in [3.05, 3.63) is 28.2 Å². The molecule has 0 unspecified atom stereocenters. The Morgan fingerprint density at radius 1 is 1.29 bits per heavy atom. The van der Waals surface area contributed by atoms with Crippen molar-refractivity contribution < 1.29 is 14.4 Å². The first kappa shape index (κ1) is 14.2. The van der Waals surface area contributed by atoms with Crippen molar-refractivity contribution in [2.75, 3.05) is 5.32 Å². The number of hydrogen-bond donors (Lipinski definition) is 3. The van der Waals surface area contributed by atoms with Crippen LogP contribution >= 0.6 is 23.2 Å². The smallest absolute Gasteiger partial charge is 0.320 e. The second kappa shape index (κ2) is 4.89. The third-order valence-electron chi connectivity index (χ3n) is 3.78. The van der Waals surface area contributed by atoms with Gasteiger partial charge in [0.05, 0.1) is 15.7 Å². The summed E-state index contributed by atoms with van der Waals surface area (Å²) in [7, 11) is 0. The van der Waals surface area contributed by atoms with Crippen molar-refractivity contribution in [2.45, 2.75) is 18.4 Å². The van der Waals surface area contributed by atoms with Crippen LogP contribution in [0.15, 0.2) is 18.2 Å². The van der Waals surface area contributed by atoms with Crippen LogP contribution < -0.4 is 16.0 Å². The SMILES string of the molecule is O=C(Nc1cccc(Cl)c1Cl)NC12CC(C1)C(=O)NC2=O. The summed E-state index contributed by atoms with van der Waals surface area (Å²) >= 11 is 11.8. The van der Waals surface area contributed by atoms with Crippen LogP contribution in [-0.4, -0.2) is 23.4 Å². The first-order valence-electron chi connectivity index (χ1n) is 6.30. The highest BCUT2D eigenvalue weighted by Gasteiger charge is 2.58. The molecule has 8 heteroatoms. The predicted molar refractivity (Wildman–Crippen MR) is 77.2 cm³/mol. The number of urea groups is 1. The number of carbonyl (C=O) groups excluding carboxylic acids is 3. The van der Waals surface area contributed by atoms with Crippen molar-refractivity contribution in [1.29, 1.82) is 0 Å². The largest absolute Gasteiger partial charge is 0.323 e. The number of rotatable bonds is 2. The lowest BCUT2D eigenvalue weighted by molar-refractivity contribution is -0.151. The number of carbonyl (C=O) groups is 3. The highest BCUT2D eigenvalue weighted by atomic mass is 35.5. The van der Waals surface area contributed by atoms with E-state index in [-0.39, 0.29) is 16.8 Å². The molecule has 2 saturated heterocycles. The van der Waals surface area contributed by atoms with Crippen molar-refractivity contribution in [2.24, 2.45) is 5.92 Å². The first-order valence-corrected chi connectivity index (χ1v) is 7.05. The van der Waals surface area contributed by atoms with E-state index >= 15 is 0 Å². The summed E-state index contributed by atoms with van der Waals surface area (Å²) in [5, 5.41) is 7.94. The molecular formula is C13H11Cl2N3O3. The fraction of sp³-hybridized carbons (Fsp3) is 0.308. The van der Waals surface area contributed by atoms with Gasteiger partial charge in [-0.3, -0.25) is 14.9 Å². The Hall–Kier alpha value is -1.79. The molecule has 3 aliphatic rings. The second-order valence-electron chi connectivity index (χ2n) is 5.19. The Bertz CT molecular complexity index is 656. The number of piperidine rings is 2. The lowest BCUT2D eigenvalue weighted by atomic mass is 9.64. The lowest BCUT2D eigenvalue weighted by Crippen LogP contribution is -2.73. The van der Waals surface area contributed by atoms with E-state index in [1.54, 1.807) is 18.2 Å². The molecule has 0 atom stereocenters. The third-order valence-corrected chi connectivity index (χ3v) is 4.60. The fourth-order valence-electron chi connectivity index (χ4n) is 2.62. The van der Waals surface area contributed by atoms with Crippen molar-refractivity contribution in [1.82, 2.24) is 10.6 Å². The Balaban J connectivity index is 1.69. The summed E-state index contributed by atoms with van der Waals surface area (Å²) in [5.41, 5.74) is -0.658. The minimum Gasteiger partial charge on any atom is -0.323 e. The number of amides is 4. The molecule has 21 heavy (non-hydrogen) atoms. The number of halogens is 2. The molecule has 1 saturated carbocycles. The average molecular weight is 328 g/mol. The number of fused-ring (bicyclic) bond motifs is 2. The van der Waals surface area contributed by atoms with Crippen LogP contribution in [0.2, 0.25) is 10.0 Å². The van der Waals surface area contributed by atoms with Gasteiger partial charge in [-0.05, 0) is 25.0 Å². The molecule has 0 radical (unpaired) electrons. The molecule has 3 fully saturated rings. The van der Waals surface area contributed by atoms with E-state index in [4.69, 9.17) is 23.2 Å². The average Bonchev–Trinajstić information content (AvgIpc) is 2.37. The quantitative estimate of drug-likeness (QED) is 0.725. The van der Waals surface area contributed by atoms with Crippen molar-refractivity contribution >= 4 is 46.7 Å². The molecule has 1 aliphatic carbocycles. The summed E-state index contributed by atoms with van der Waals surface area (Å²) in [4.78, 5) is 35.2. The van der Waals surface area contributed by atoms with Gasteiger partial charge in [-0.25, -0.2) is 4.79 Å². The third kappa shape index (κ3) is 2.34. The van der Waals surface area contributed by atoms with Gasteiger partial charge in [-0.15, -0.1) is 0 Å². The van der Waals surface area contributed by atoms with Crippen LogP contribution in [0.3, 0.4) is 0 Å². The predicted octanol–water partition coefficient (Wildman–Crippen LogP) is 1.92. The van der Waals surface area contributed by atoms with Gasteiger partial charge >= 0.3 is 6.03 Å². The molecule has 4 rings (SSSR count). The van der Waals surface area contributed by atoms with Crippen LogP contribution in [0.5, 0.6) is 0 Å². The summed E-state index contributed by atoms with van der Waals surface area (Å²) in [5.74, 6) is -0.956. The maximum absolute atomic E-state index is 12.0. The molecule has 4 amide bonds. The standard InChI is InChI=1S/C13H11Cl2N3O3/c14-7-2-1-3-8(9(7)15)16-12(21)18-13-4-6(5-13)10(19)17-11(13)20/h1-3,6H,4-5H2,(H2,16,18,21)(H,17,19,20). The summed E-state index contributed by atoms with van der Waals surface area (Å²) in [6.07, 6.45) is 0.655. The highest BCUT2D eigenvalue weighted by molar-refractivity contribution is 6.44. The van der Waals surface area contributed by atoms with Crippen LogP contribution in [0.1, 0.15) is 12.8 Å². The van der Waals surface area contributed by atoms with Gasteiger partial charge < -0.3 is 10.6 Å². The van der Waals surface area contributed by atoms with Gasteiger partial charge in [0.15, 0.2) is 0 Å². The topological polar surface area (TPSA) is 87.3 Å². The molecule has 3 N–H and O–H groups in total. The number of hydrogen-bond acceptors (Lipinski definition) is 3. The molecule has 6 nitrogen and oxygen atoms in total. The summed E-state index contributed by atoms with van der Waals surface area (Å²) in [6.45, 7) is 0. The van der Waals surface area contributed by atoms with E-state index in [2.05, 4.69) is 16.0 Å². The molecule has 2 bridgehead atoms. The lowest BCUT2D eigenvalue weighted by Gasteiger charge is -2.49. The zero-order valence-electron chi connectivity index (χ0n) is 10.7. The van der Waals surface area contributed by atoms with E-state index in [0.29, 0.717) is 23.6 Å². The minimum atomic E-state index is -1.01. The summed E-state index contributed by atoms with van der Waals surface area (Å²) in [6, 6.07) is 4.28. The Labute approximate surface area is 130 Å². The molecular weight excluding hydrogens is 317 g/mol.